The van der Waals surface area contributed by atoms with Crippen molar-refractivity contribution in [3.63, 3.8) is 0 Å². The predicted octanol–water partition coefficient (Wildman–Crippen LogP) is 6.43. The minimum Gasteiger partial charge on any atom is -0.508 e. The van der Waals surface area contributed by atoms with Gasteiger partial charge in [0.2, 0.25) is 5.91 Å². The van der Waals surface area contributed by atoms with Crippen molar-refractivity contribution in [2.24, 2.45) is 35.0 Å². The Hall–Kier alpha value is -2.05. The number of amides is 1. The standard InChI is InChI=1S/C41H65BrN4O5/c1-25(2)16-34(23-44(9)10)45(22-32-19-33(42)14-15-36(32)49)20-30-12-11-13-31(18-30)21-46-39(38(29(6)48)37(24-47)51-46)40(50)43-35-17-26(3)41(7,8)28(5)27(35)4/h11-15,18-19,25-29,34-35,37-39,47-49H,16-17,20-24H2,1-10H3,(H,43,50)/t26-,27+,28+,29+,34+,35+,37+,38-,39+/m1/s1. The molecule has 9 atom stereocenters. The van der Waals surface area contributed by atoms with Crippen LogP contribution in [-0.4, -0.2) is 93.7 Å². The van der Waals surface area contributed by atoms with Gasteiger partial charge in [-0.05, 0) is 92.3 Å². The first kappa shape index (κ1) is 41.7. The molecule has 1 amide bonds. The number of phenols is 1. The number of hydroxylamine groups is 2. The van der Waals surface area contributed by atoms with Crippen LogP contribution in [0.2, 0.25) is 0 Å². The minimum absolute atomic E-state index is 0.0140. The summed E-state index contributed by atoms with van der Waals surface area (Å²) < 4.78 is 0.928. The lowest BCUT2D eigenvalue weighted by atomic mass is 9.58. The number of benzene rings is 2. The van der Waals surface area contributed by atoms with Crippen LogP contribution >= 0.6 is 15.9 Å². The first-order chi connectivity index (χ1) is 23.9. The highest BCUT2D eigenvalue weighted by molar-refractivity contribution is 9.10. The second-order valence-corrected chi connectivity index (χ2v) is 17.8. The van der Waals surface area contributed by atoms with Crippen LogP contribution < -0.4 is 5.32 Å². The van der Waals surface area contributed by atoms with Gasteiger partial charge in [0, 0.05) is 47.7 Å². The average Bonchev–Trinajstić information content (AvgIpc) is 3.42. The van der Waals surface area contributed by atoms with Gasteiger partial charge in [-0.25, -0.2) is 0 Å². The minimum atomic E-state index is -0.854. The topological polar surface area (TPSA) is 109 Å². The van der Waals surface area contributed by atoms with Crippen molar-refractivity contribution in [1.29, 1.82) is 0 Å². The third kappa shape index (κ3) is 10.3. The summed E-state index contributed by atoms with van der Waals surface area (Å²) >= 11 is 3.59. The zero-order valence-corrected chi connectivity index (χ0v) is 34.2. The SMILES string of the molecule is CC(C)C[C@@H](CN(C)C)N(Cc1cccc(CN2O[C@@H](CO)[C@@H]([C@H](C)O)[C@H]2C(=O)N[C@H]2C[C@@H](C)C(C)(C)[C@@H](C)[C@@H]2C)c1)Cc1cc(Br)ccc1O. The van der Waals surface area contributed by atoms with Crippen molar-refractivity contribution < 1.29 is 25.0 Å². The molecule has 9 nitrogen and oxygen atoms in total. The summed E-state index contributed by atoms with van der Waals surface area (Å²) in [6, 6.07) is 13.4. The van der Waals surface area contributed by atoms with Crippen molar-refractivity contribution in [3.05, 3.63) is 63.6 Å². The summed E-state index contributed by atoms with van der Waals surface area (Å²) in [4.78, 5) is 25.2. The summed E-state index contributed by atoms with van der Waals surface area (Å²) in [5, 5.41) is 37.1. The van der Waals surface area contributed by atoms with Gasteiger partial charge in [0.1, 0.15) is 17.9 Å². The summed E-state index contributed by atoms with van der Waals surface area (Å²) in [6.45, 7) is 19.8. The zero-order chi connectivity index (χ0) is 37.8. The lowest BCUT2D eigenvalue weighted by molar-refractivity contribution is -0.182. The largest absolute Gasteiger partial charge is 0.508 e. The number of aliphatic hydroxyl groups excluding tert-OH is 2. The lowest BCUT2D eigenvalue weighted by Crippen LogP contribution is -2.56. The number of rotatable bonds is 15. The van der Waals surface area contributed by atoms with E-state index in [0.29, 0.717) is 43.3 Å². The van der Waals surface area contributed by atoms with E-state index in [1.165, 1.54) is 0 Å². The molecular formula is C41H65BrN4O5. The van der Waals surface area contributed by atoms with E-state index in [2.05, 4.69) is 106 Å². The highest BCUT2D eigenvalue weighted by Crippen LogP contribution is 2.47. The van der Waals surface area contributed by atoms with Gasteiger partial charge in [-0.3, -0.25) is 14.5 Å². The number of nitrogens with one attached hydrogen (secondary N) is 1. The molecule has 0 radical (unpaired) electrons. The molecule has 1 aliphatic heterocycles. The zero-order valence-electron chi connectivity index (χ0n) is 32.6. The number of carbonyl (C=O) groups is 1. The van der Waals surface area contributed by atoms with Gasteiger partial charge in [-0.15, -0.1) is 0 Å². The number of hydrogen-bond acceptors (Lipinski definition) is 8. The molecule has 0 unspecified atom stereocenters. The highest BCUT2D eigenvalue weighted by Gasteiger charge is 2.51. The Morgan fingerprint density at radius 3 is 2.39 bits per heavy atom. The first-order valence-corrected chi connectivity index (χ1v) is 19.7. The summed E-state index contributed by atoms with van der Waals surface area (Å²) in [6.07, 6.45) is 0.346. The molecule has 2 fully saturated rings. The average molecular weight is 774 g/mol. The van der Waals surface area contributed by atoms with Crippen LogP contribution in [0, 0.1) is 35.0 Å². The molecule has 1 heterocycles. The summed E-state index contributed by atoms with van der Waals surface area (Å²) in [5.41, 5.74) is 3.13. The molecule has 4 N–H and O–H groups in total. The lowest BCUT2D eigenvalue weighted by Gasteiger charge is -2.50. The van der Waals surface area contributed by atoms with Crippen LogP contribution in [0.1, 0.15) is 84.9 Å². The fourth-order valence-corrected chi connectivity index (χ4v) is 8.88. The fraction of sp³-hybridized carbons (Fsp3) is 0.683. The third-order valence-corrected chi connectivity index (χ3v) is 12.6. The Kier molecular flexibility index (Phi) is 14.6. The van der Waals surface area contributed by atoms with Crippen molar-refractivity contribution >= 4 is 21.8 Å². The van der Waals surface area contributed by atoms with Crippen molar-refractivity contribution in [2.45, 2.75) is 118 Å². The van der Waals surface area contributed by atoms with E-state index in [-0.39, 0.29) is 35.8 Å². The van der Waals surface area contributed by atoms with Crippen LogP contribution in [-0.2, 0) is 29.3 Å². The monoisotopic (exact) mass is 772 g/mol. The van der Waals surface area contributed by atoms with E-state index >= 15 is 0 Å². The van der Waals surface area contributed by atoms with Crippen molar-refractivity contribution in [2.75, 3.05) is 27.2 Å². The molecule has 4 rings (SSSR count). The molecule has 51 heavy (non-hydrogen) atoms. The van der Waals surface area contributed by atoms with Gasteiger partial charge in [-0.2, -0.15) is 5.06 Å². The van der Waals surface area contributed by atoms with Gasteiger partial charge in [0.15, 0.2) is 0 Å². The number of aromatic hydroxyl groups is 1. The number of hydrogen-bond donors (Lipinski definition) is 4. The molecule has 0 bridgehead atoms. The predicted molar refractivity (Wildman–Crippen MR) is 208 cm³/mol. The van der Waals surface area contributed by atoms with Crippen LogP contribution in [0.3, 0.4) is 0 Å². The second kappa shape index (κ2) is 17.9. The second-order valence-electron chi connectivity index (χ2n) is 16.9. The quantitative estimate of drug-likeness (QED) is 0.164. The van der Waals surface area contributed by atoms with E-state index in [1.54, 1.807) is 18.1 Å². The van der Waals surface area contributed by atoms with Crippen LogP contribution in [0.4, 0.5) is 0 Å². The smallest absolute Gasteiger partial charge is 0.240 e. The Balaban J connectivity index is 1.60. The normalized spacial score (nSPS) is 28.0. The number of halogens is 1. The number of nitrogens with zero attached hydrogens (tertiary/aromatic N) is 3. The molecule has 286 valence electrons. The molecule has 2 aromatic rings. The van der Waals surface area contributed by atoms with Gasteiger partial charge < -0.3 is 25.5 Å². The summed E-state index contributed by atoms with van der Waals surface area (Å²) in [7, 11) is 4.20. The van der Waals surface area contributed by atoms with Crippen molar-refractivity contribution in [1.82, 2.24) is 20.2 Å². The summed E-state index contributed by atoms with van der Waals surface area (Å²) in [5.74, 6) is 1.18. The first-order valence-electron chi connectivity index (χ1n) is 18.9. The van der Waals surface area contributed by atoms with E-state index in [0.717, 1.165) is 40.5 Å². The van der Waals surface area contributed by atoms with E-state index in [9.17, 15) is 20.1 Å². The molecule has 1 saturated carbocycles. The maximum absolute atomic E-state index is 14.2. The third-order valence-electron chi connectivity index (χ3n) is 12.1. The van der Waals surface area contributed by atoms with E-state index in [4.69, 9.17) is 4.84 Å². The Bertz CT molecular complexity index is 1430. The molecular weight excluding hydrogens is 708 g/mol. The maximum atomic E-state index is 14.2. The molecule has 2 aliphatic rings. The van der Waals surface area contributed by atoms with Crippen LogP contribution in [0.5, 0.6) is 5.75 Å². The van der Waals surface area contributed by atoms with E-state index in [1.807, 2.05) is 24.3 Å². The van der Waals surface area contributed by atoms with Gasteiger partial charge in [0.25, 0.3) is 0 Å². The van der Waals surface area contributed by atoms with Gasteiger partial charge in [0.05, 0.1) is 19.3 Å². The Morgan fingerprint density at radius 1 is 1.08 bits per heavy atom. The number of phenolic OH excluding ortho intramolecular Hbond substituents is 1. The molecule has 0 spiro atoms. The molecule has 0 aromatic heterocycles. The molecule has 1 aliphatic carbocycles. The molecule has 10 heteroatoms. The molecule has 1 saturated heterocycles. The van der Waals surface area contributed by atoms with Gasteiger partial charge >= 0.3 is 0 Å². The Labute approximate surface area is 315 Å². The van der Waals surface area contributed by atoms with E-state index < -0.39 is 24.2 Å². The van der Waals surface area contributed by atoms with Crippen LogP contribution in [0.25, 0.3) is 0 Å². The Morgan fingerprint density at radius 2 is 1.76 bits per heavy atom. The van der Waals surface area contributed by atoms with Gasteiger partial charge in [-0.1, -0.05) is 88.7 Å². The van der Waals surface area contributed by atoms with Crippen molar-refractivity contribution in [3.8, 4) is 5.75 Å². The highest BCUT2D eigenvalue weighted by atomic mass is 79.9. The molecule has 2 aromatic carbocycles. The number of likely N-dealkylation sites (N-methyl/N-ethyl adjacent to an activating group) is 1. The van der Waals surface area contributed by atoms with Crippen LogP contribution in [0.15, 0.2) is 46.9 Å². The maximum Gasteiger partial charge on any atom is 0.240 e. The number of aliphatic hydroxyl groups is 2. The number of carbonyl (C=O) groups excluding carboxylic acids is 1. The fourth-order valence-electron chi connectivity index (χ4n) is 8.47.